The van der Waals surface area contributed by atoms with Gasteiger partial charge in [-0.15, -0.1) is 11.3 Å². The standard InChI is InChI=1S/C19H10ClN3O2S/c20-14-10-13(7-6-12-4-2-1-3-5-12)8-9-15(14)23-18(24)16-17(21-11-26-16)22-19(23)25/h1-5,8-11H,(H,22,25). The van der Waals surface area contributed by atoms with Crippen molar-refractivity contribution in [3.05, 3.63) is 91.0 Å². The van der Waals surface area contributed by atoms with Crippen molar-refractivity contribution in [1.82, 2.24) is 14.5 Å². The van der Waals surface area contributed by atoms with Gasteiger partial charge in [-0.1, -0.05) is 41.6 Å². The first-order valence-corrected chi connectivity index (χ1v) is 8.85. The zero-order valence-corrected chi connectivity index (χ0v) is 14.8. The van der Waals surface area contributed by atoms with Crippen molar-refractivity contribution in [2.45, 2.75) is 0 Å². The Bertz CT molecular complexity index is 1290. The number of aromatic amines is 1. The van der Waals surface area contributed by atoms with Crippen LogP contribution in [0.2, 0.25) is 5.02 Å². The molecule has 0 aliphatic carbocycles. The monoisotopic (exact) mass is 379 g/mol. The minimum absolute atomic E-state index is 0.265. The van der Waals surface area contributed by atoms with Gasteiger partial charge >= 0.3 is 5.69 Å². The van der Waals surface area contributed by atoms with Gasteiger partial charge in [0, 0.05) is 11.1 Å². The summed E-state index contributed by atoms with van der Waals surface area (Å²) in [5.41, 5.74) is 2.63. The van der Waals surface area contributed by atoms with Crippen LogP contribution < -0.4 is 11.2 Å². The molecule has 0 spiro atoms. The molecule has 26 heavy (non-hydrogen) atoms. The quantitative estimate of drug-likeness (QED) is 0.516. The summed E-state index contributed by atoms with van der Waals surface area (Å²) in [5, 5.41) is 0.265. The number of nitrogens with zero attached hydrogens (tertiary/aromatic N) is 2. The molecule has 2 aromatic heterocycles. The lowest BCUT2D eigenvalue weighted by atomic mass is 10.1. The summed E-state index contributed by atoms with van der Waals surface area (Å²) in [5.74, 6) is 6.06. The molecule has 0 atom stereocenters. The fourth-order valence-corrected chi connectivity index (χ4v) is 3.42. The number of thiazole rings is 1. The zero-order chi connectivity index (χ0) is 18.1. The maximum atomic E-state index is 12.6. The molecule has 7 heteroatoms. The van der Waals surface area contributed by atoms with E-state index in [1.807, 2.05) is 30.3 Å². The van der Waals surface area contributed by atoms with E-state index in [4.69, 9.17) is 11.6 Å². The maximum Gasteiger partial charge on any atom is 0.334 e. The van der Waals surface area contributed by atoms with Crippen molar-refractivity contribution in [2.24, 2.45) is 0 Å². The molecule has 0 bridgehead atoms. The fourth-order valence-electron chi connectivity index (χ4n) is 2.49. The van der Waals surface area contributed by atoms with Crippen LogP contribution in [-0.2, 0) is 0 Å². The Labute approximate surface area is 156 Å². The number of benzene rings is 2. The van der Waals surface area contributed by atoms with Gasteiger partial charge in [-0.05, 0) is 30.3 Å². The van der Waals surface area contributed by atoms with Crippen LogP contribution in [0.25, 0.3) is 16.0 Å². The molecular formula is C19H10ClN3O2S. The van der Waals surface area contributed by atoms with Gasteiger partial charge in [-0.25, -0.2) is 14.3 Å². The number of rotatable bonds is 1. The van der Waals surface area contributed by atoms with Gasteiger partial charge in [0.25, 0.3) is 5.56 Å². The molecular weight excluding hydrogens is 370 g/mol. The molecule has 126 valence electrons. The van der Waals surface area contributed by atoms with E-state index in [9.17, 15) is 9.59 Å². The summed E-state index contributed by atoms with van der Waals surface area (Å²) >= 11 is 7.49. The third-order valence-corrected chi connectivity index (χ3v) is 4.82. The lowest BCUT2D eigenvalue weighted by Gasteiger charge is -2.07. The van der Waals surface area contributed by atoms with E-state index in [2.05, 4.69) is 21.8 Å². The number of hydrogen-bond acceptors (Lipinski definition) is 4. The predicted octanol–water partition coefficient (Wildman–Crippen LogP) is 3.19. The van der Waals surface area contributed by atoms with Crippen molar-refractivity contribution in [2.75, 3.05) is 0 Å². The first-order chi connectivity index (χ1) is 12.6. The number of aromatic nitrogens is 3. The average molecular weight is 380 g/mol. The Morgan fingerprint density at radius 3 is 2.58 bits per heavy atom. The molecule has 4 aromatic rings. The van der Waals surface area contributed by atoms with Crippen molar-refractivity contribution >= 4 is 33.3 Å². The van der Waals surface area contributed by atoms with Crippen LogP contribution in [0.5, 0.6) is 0 Å². The molecule has 2 aromatic carbocycles. The summed E-state index contributed by atoms with van der Waals surface area (Å²) in [6.45, 7) is 0. The van der Waals surface area contributed by atoms with Crippen LogP contribution in [0, 0.1) is 11.8 Å². The van der Waals surface area contributed by atoms with Gasteiger partial charge in [-0.3, -0.25) is 9.78 Å². The van der Waals surface area contributed by atoms with E-state index in [1.165, 1.54) is 16.8 Å². The van der Waals surface area contributed by atoms with Gasteiger partial charge in [0.1, 0.15) is 4.70 Å². The molecule has 0 amide bonds. The number of nitrogens with one attached hydrogen (secondary N) is 1. The van der Waals surface area contributed by atoms with Crippen LogP contribution >= 0.6 is 22.9 Å². The van der Waals surface area contributed by atoms with Crippen LogP contribution in [0.4, 0.5) is 0 Å². The van der Waals surface area contributed by atoms with Crippen molar-refractivity contribution in [3.8, 4) is 17.5 Å². The van der Waals surface area contributed by atoms with Crippen molar-refractivity contribution < 1.29 is 0 Å². The molecule has 5 nitrogen and oxygen atoms in total. The number of hydrogen-bond donors (Lipinski definition) is 1. The number of halogens is 1. The van der Waals surface area contributed by atoms with E-state index in [1.54, 1.807) is 18.2 Å². The molecule has 4 rings (SSSR count). The summed E-state index contributed by atoms with van der Waals surface area (Å²) in [6.07, 6.45) is 0. The highest BCUT2D eigenvalue weighted by Crippen LogP contribution is 2.20. The minimum Gasteiger partial charge on any atom is -0.290 e. The van der Waals surface area contributed by atoms with Crippen molar-refractivity contribution in [3.63, 3.8) is 0 Å². The average Bonchev–Trinajstić information content (AvgIpc) is 3.11. The van der Waals surface area contributed by atoms with Gasteiger partial charge in [0.2, 0.25) is 0 Å². The highest BCUT2D eigenvalue weighted by Gasteiger charge is 2.13. The Morgan fingerprint density at radius 2 is 1.81 bits per heavy atom. The van der Waals surface area contributed by atoms with Gasteiger partial charge in [0.15, 0.2) is 5.65 Å². The Hall–Kier alpha value is -3.14. The van der Waals surface area contributed by atoms with E-state index in [0.717, 1.165) is 10.1 Å². The minimum atomic E-state index is -0.585. The summed E-state index contributed by atoms with van der Waals surface area (Å²) in [6, 6.07) is 14.5. The van der Waals surface area contributed by atoms with Crippen LogP contribution in [0.1, 0.15) is 11.1 Å². The second-order valence-corrected chi connectivity index (χ2v) is 6.64. The lowest BCUT2D eigenvalue weighted by Crippen LogP contribution is -2.33. The maximum absolute atomic E-state index is 12.6. The highest BCUT2D eigenvalue weighted by molar-refractivity contribution is 7.16. The Kier molecular flexibility index (Phi) is 4.17. The second kappa shape index (κ2) is 6.64. The van der Waals surface area contributed by atoms with Crippen LogP contribution in [0.15, 0.2) is 63.6 Å². The number of fused-ring (bicyclic) bond motifs is 1. The largest absolute Gasteiger partial charge is 0.334 e. The first-order valence-electron chi connectivity index (χ1n) is 7.59. The van der Waals surface area contributed by atoms with Crippen LogP contribution in [-0.4, -0.2) is 14.5 Å². The molecule has 0 radical (unpaired) electrons. The molecule has 0 saturated carbocycles. The van der Waals surface area contributed by atoms with Crippen LogP contribution in [0.3, 0.4) is 0 Å². The summed E-state index contributed by atoms with van der Waals surface area (Å²) < 4.78 is 1.38. The molecule has 1 N–H and O–H groups in total. The van der Waals surface area contributed by atoms with E-state index in [0.29, 0.717) is 16.0 Å². The third-order valence-electron chi connectivity index (χ3n) is 3.71. The fraction of sp³-hybridized carbons (Fsp3) is 0. The highest BCUT2D eigenvalue weighted by atomic mass is 35.5. The van der Waals surface area contributed by atoms with E-state index in [-0.39, 0.29) is 10.7 Å². The molecule has 0 aliphatic rings. The normalized spacial score (nSPS) is 10.5. The lowest BCUT2D eigenvalue weighted by molar-refractivity contribution is 0.900. The number of H-pyrrole nitrogens is 1. The third kappa shape index (κ3) is 2.94. The SMILES string of the molecule is O=c1[nH]c2ncsc2c(=O)n1-c1ccc(C#Cc2ccccc2)cc1Cl. The van der Waals surface area contributed by atoms with E-state index < -0.39 is 11.2 Å². The Balaban J connectivity index is 1.80. The second-order valence-electron chi connectivity index (χ2n) is 5.38. The first kappa shape index (κ1) is 16.3. The van der Waals surface area contributed by atoms with Gasteiger partial charge in [-0.2, -0.15) is 0 Å². The van der Waals surface area contributed by atoms with E-state index >= 15 is 0 Å². The molecule has 0 saturated heterocycles. The van der Waals surface area contributed by atoms with Gasteiger partial charge < -0.3 is 0 Å². The Morgan fingerprint density at radius 1 is 1.04 bits per heavy atom. The molecule has 0 aliphatic heterocycles. The van der Waals surface area contributed by atoms with Crippen molar-refractivity contribution in [1.29, 1.82) is 0 Å². The summed E-state index contributed by atoms with van der Waals surface area (Å²) in [4.78, 5) is 31.4. The van der Waals surface area contributed by atoms with Gasteiger partial charge in [0.05, 0.1) is 16.2 Å². The smallest absolute Gasteiger partial charge is 0.290 e. The molecule has 0 unspecified atom stereocenters. The predicted molar refractivity (Wildman–Crippen MR) is 103 cm³/mol. The summed E-state index contributed by atoms with van der Waals surface area (Å²) in [7, 11) is 0. The molecule has 0 fully saturated rings. The topological polar surface area (TPSA) is 67.8 Å². The molecule has 2 heterocycles. The zero-order valence-electron chi connectivity index (χ0n) is 13.2.